The number of anilines is 1. The molecule has 0 saturated heterocycles. The van der Waals surface area contributed by atoms with Crippen LogP contribution in [0.2, 0.25) is 0 Å². The Labute approximate surface area is 175 Å². The van der Waals surface area contributed by atoms with Crippen LogP contribution in [0.25, 0.3) is 21.5 Å². The number of hydrogen-bond donors (Lipinski definition) is 1. The Morgan fingerprint density at radius 1 is 1.21 bits per heavy atom. The van der Waals surface area contributed by atoms with E-state index in [2.05, 4.69) is 15.3 Å². The molecule has 29 heavy (non-hydrogen) atoms. The van der Waals surface area contributed by atoms with E-state index < -0.39 is 11.6 Å². The number of nitrogens with zero attached hydrogens (tertiary/aromatic N) is 3. The van der Waals surface area contributed by atoms with E-state index in [9.17, 15) is 18.4 Å². The minimum Gasteiger partial charge on any atom is -0.301 e. The average molecular weight is 451 g/mol. The fourth-order valence-corrected chi connectivity index (χ4v) is 4.81. The molecule has 0 radical (unpaired) electrons. The number of halogens is 2. The zero-order valence-corrected chi connectivity index (χ0v) is 17.3. The van der Waals surface area contributed by atoms with Crippen LogP contribution in [0.4, 0.5) is 13.9 Å². The normalized spacial score (nSPS) is 11.1. The number of thiophene rings is 1. The molecular weight excluding hydrogens is 438 g/mol. The van der Waals surface area contributed by atoms with Gasteiger partial charge in [-0.05, 0) is 29.6 Å². The summed E-state index contributed by atoms with van der Waals surface area (Å²) in [4.78, 5) is 33.2. The fraction of sp³-hybridized carbons (Fsp3) is 0.111. The number of benzene rings is 1. The molecule has 1 N–H and O–H groups in total. The van der Waals surface area contributed by atoms with Gasteiger partial charge in [0.25, 0.3) is 5.56 Å². The van der Waals surface area contributed by atoms with Gasteiger partial charge >= 0.3 is 0 Å². The molecule has 0 saturated carbocycles. The summed E-state index contributed by atoms with van der Waals surface area (Å²) in [7, 11) is 1.61. The maximum absolute atomic E-state index is 13.4. The highest BCUT2D eigenvalue weighted by atomic mass is 32.2. The smallest absolute Gasteiger partial charge is 0.271 e. The first kappa shape index (κ1) is 19.7. The molecule has 0 fully saturated rings. The average Bonchev–Trinajstić information content (AvgIpc) is 3.35. The standard InChI is InChI=1S/C18H12F2N4O2S3/c1-24-16(26)15-12(4-5-27-15)22-18(24)29-8-14(25)23-17-21-13(7-28-17)9-2-3-10(19)11(20)6-9/h2-7H,8H2,1H3,(H,21,23,25). The Bertz CT molecular complexity index is 1280. The number of amides is 1. The van der Waals surface area contributed by atoms with Gasteiger partial charge in [0.1, 0.15) is 4.70 Å². The molecule has 0 bridgehead atoms. The van der Waals surface area contributed by atoms with Gasteiger partial charge in [0.2, 0.25) is 5.91 Å². The fourth-order valence-electron chi connectivity index (χ4n) is 2.50. The van der Waals surface area contributed by atoms with E-state index in [-0.39, 0.29) is 17.2 Å². The van der Waals surface area contributed by atoms with Gasteiger partial charge in [-0.3, -0.25) is 14.2 Å². The van der Waals surface area contributed by atoms with E-state index in [4.69, 9.17) is 0 Å². The summed E-state index contributed by atoms with van der Waals surface area (Å²) in [6, 6.07) is 5.27. The van der Waals surface area contributed by atoms with Crippen molar-refractivity contribution in [3.63, 3.8) is 0 Å². The van der Waals surface area contributed by atoms with Crippen LogP contribution < -0.4 is 10.9 Å². The molecule has 1 amide bonds. The van der Waals surface area contributed by atoms with Crippen LogP contribution in [0.15, 0.2) is 45.0 Å². The molecule has 0 aliphatic carbocycles. The van der Waals surface area contributed by atoms with Crippen molar-refractivity contribution in [2.24, 2.45) is 7.05 Å². The molecule has 11 heteroatoms. The number of rotatable bonds is 5. The highest BCUT2D eigenvalue weighted by Crippen LogP contribution is 2.26. The summed E-state index contributed by atoms with van der Waals surface area (Å²) in [5.41, 5.74) is 1.31. The summed E-state index contributed by atoms with van der Waals surface area (Å²) >= 11 is 3.65. The topological polar surface area (TPSA) is 76.9 Å². The maximum atomic E-state index is 13.4. The number of carbonyl (C=O) groups is 1. The van der Waals surface area contributed by atoms with E-state index >= 15 is 0 Å². The monoisotopic (exact) mass is 450 g/mol. The number of hydrogen-bond acceptors (Lipinski definition) is 7. The quantitative estimate of drug-likeness (QED) is 0.366. The molecular formula is C18H12F2N4O2S3. The van der Waals surface area contributed by atoms with Crippen LogP contribution in [0.5, 0.6) is 0 Å². The Balaban J connectivity index is 1.43. The van der Waals surface area contributed by atoms with Crippen LogP contribution in [0.3, 0.4) is 0 Å². The predicted molar refractivity (Wildman–Crippen MR) is 112 cm³/mol. The number of thiazole rings is 1. The summed E-state index contributed by atoms with van der Waals surface area (Å²) in [6.07, 6.45) is 0. The number of nitrogens with one attached hydrogen (secondary N) is 1. The lowest BCUT2D eigenvalue weighted by Crippen LogP contribution is -2.20. The highest BCUT2D eigenvalue weighted by Gasteiger charge is 2.14. The zero-order valence-electron chi connectivity index (χ0n) is 14.8. The molecule has 1 aromatic carbocycles. The first-order chi connectivity index (χ1) is 13.9. The molecule has 4 rings (SSSR count). The minimum absolute atomic E-state index is 0.0377. The number of aromatic nitrogens is 3. The van der Waals surface area contributed by atoms with Crippen LogP contribution in [-0.4, -0.2) is 26.2 Å². The largest absolute Gasteiger partial charge is 0.301 e. The van der Waals surface area contributed by atoms with E-state index in [0.29, 0.717) is 31.8 Å². The third-order valence-corrected chi connectivity index (χ3v) is 6.62. The van der Waals surface area contributed by atoms with Crippen LogP contribution in [-0.2, 0) is 11.8 Å². The van der Waals surface area contributed by atoms with Crippen molar-refractivity contribution < 1.29 is 13.6 Å². The van der Waals surface area contributed by atoms with Gasteiger partial charge in [0.15, 0.2) is 21.9 Å². The van der Waals surface area contributed by atoms with Gasteiger partial charge in [-0.15, -0.1) is 22.7 Å². The van der Waals surface area contributed by atoms with Gasteiger partial charge in [-0.1, -0.05) is 11.8 Å². The molecule has 6 nitrogen and oxygen atoms in total. The second-order valence-corrected chi connectivity index (χ2v) is 8.61. The second kappa shape index (κ2) is 8.01. The number of thioether (sulfide) groups is 1. The molecule has 3 heterocycles. The summed E-state index contributed by atoms with van der Waals surface area (Å²) in [5, 5.41) is 6.88. The van der Waals surface area contributed by atoms with Crippen molar-refractivity contribution >= 4 is 55.7 Å². The summed E-state index contributed by atoms with van der Waals surface area (Å²) in [5.74, 6) is -2.17. The Morgan fingerprint density at radius 2 is 2.03 bits per heavy atom. The Morgan fingerprint density at radius 3 is 2.83 bits per heavy atom. The molecule has 0 atom stereocenters. The predicted octanol–water partition coefficient (Wildman–Crippen LogP) is 4.13. The molecule has 0 aliphatic rings. The van der Waals surface area contributed by atoms with E-state index in [1.807, 2.05) is 0 Å². The number of carbonyl (C=O) groups excluding carboxylic acids is 1. The molecule has 3 aromatic heterocycles. The highest BCUT2D eigenvalue weighted by molar-refractivity contribution is 7.99. The third kappa shape index (κ3) is 4.07. The van der Waals surface area contributed by atoms with Gasteiger partial charge < -0.3 is 5.32 Å². The molecule has 0 spiro atoms. The molecule has 0 aliphatic heterocycles. The first-order valence-corrected chi connectivity index (χ1v) is 10.9. The molecule has 0 unspecified atom stereocenters. The lowest BCUT2D eigenvalue weighted by Gasteiger charge is -2.06. The van der Waals surface area contributed by atoms with Gasteiger partial charge in [0, 0.05) is 18.0 Å². The van der Waals surface area contributed by atoms with Crippen molar-refractivity contribution in [3.05, 3.63) is 57.0 Å². The van der Waals surface area contributed by atoms with E-state index in [1.54, 1.807) is 23.9 Å². The van der Waals surface area contributed by atoms with Crippen LogP contribution >= 0.6 is 34.4 Å². The minimum atomic E-state index is -0.960. The van der Waals surface area contributed by atoms with Gasteiger partial charge in [0.05, 0.1) is 17.0 Å². The lowest BCUT2D eigenvalue weighted by atomic mass is 10.2. The van der Waals surface area contributed by atoms with Gasteiger partial charge in [-0.2, -0.15) is 0 Å². The van der Waals surface area contributed by atoms with Crippen LogP contribution in [0.1, 0.15) is 0 Å². The lowest BCUT2D eigenvalue weighted by molar-refractivity contribution is -0.113. The summed E-state index contributed by atoms with van der Waals surface area (Å²) in [6.45, 7) is 0. The second-order valence-electron chi connectivity index (χ2n) is 5.90. The zero-order chi connectivity index (χ0) is 20.5. The Kier molecular flexibility index (Phi) is 5.43. The van der Waals surface area contributed by atoms with Crippen molar-refractivity contribution in [1.29, 1.82) is 0 Å². The van der Waals surface area contributed by atoms with Gasteiger partial charge in [-0.25, -0.2) is 18.7 Å². The third-order valence-electron chi connectivity index (χ3n) is 3.94. The van der Waals surface area contributed by atoms with Crippen molar-refractivity contribution in [2.45, 2.75) is 5.16 Å². The van der Waals surface area contributed by atoms with Crippen LogP contribution in [0, 0.1) is 11.6 Å². The molecule has 4 aromatic rings. The maximum Gasteiger partial charge on any atom is 0.271 e. The summed E-state index contributed by atoms with van der Waals surface area (Å²) < 4.78 is 28.4. The van der Waals surface area contributed by atoms with E-state index in [1.165, 1.54) is 33.3 Å². The van der Waals surface area contributed by atoms with Crippen molar-refractivity contribution in [2.75, 3.05) is 11.1 Å². The Hall–Kier alpha value is -2.63. The SMILES string of the molecule is Cn1c(SCC(=O)Nc2nc(-c3ccc(F)c(F)c3)cs2)nc2ccsc2c1=O. The number of fused-ring (bicyclic) bond motifs is 1. The van der Waals surface area contributed by atoms with Crippen molar-refractivity contribution in [3.8, 4) is 11.3 Å². The molecule has 148 valence electrons. The first-order valence-electron chi connectivity index (χ1n) is 8.20. The van der Waals surface area contributed by atoms with Crippen molar-refractivity contribution in [1.82, 2.24) is 14.5 Å². The van der Waals surface area contributed by atoms with E-state index in [0.717, 1.165) is 23.9 Å².